The van der Waals surface area contributed by atoms with E-state index in [4.69, 9.17) is 9.47 Å². The second-order valence-corrected chi connectivity index (χ2v) is 7.38. The van der Waals surface area contributed by atoms with E-state index >= 15 is 0 Å². The van der Waals surface area contributed by atoms with Gasteiger partial charge in [0.1, 0.15) is 6.10 Å². The predicted molar refractivity (Wildman–Crippen MR) is 117 cm³/mol. The van der Waals surface area contributed by atoms with Crippen LogP contribution >= 0.6 is 24.0 Å². The molecule has 1 N–H and O–H groups in total. The fourth-order valence-corrected chi connectivity index (χ4v) is 3.76. The van der Waals surface area contributed by atoms with E-state index in [2.05, 4.69) is 39.3 Å². The second kappa shape index (κ2) is 10.0. The van der Waals surface area contributed by atoms with Crippen molar-refractivity contribution in [3.8, 4) is 0 Å². The molecule has 9 heteroatoms. The van der Waals surface area contributed by atoms with Crippen molar-refractivity contribution in [2.24, 2.45) is 12.0 Å². The number of likely N-dealkylation sites (N-methyl/N-ethyl adjacent to an activating group) is 1. The van der Waals surface area contributed by atoms with Crippen molar-refractivity contribution >= 4 is 29.9 Å². The fraction of sp³-hybridized carbons (Fsp3) is 0.778. The van der Waals surface area contributed by atoms with Crippen molar-refractivity contribution < 1.29 is 9.47 Å². The Morgan fingerprint density at radius 3 is 2.70 bits per heavy atom. The molecule has 154 valence electrons. The van der Waals surface area contributed by atoms with Crippen LogP contribution in [0.1, 0.15) is 24.5 Å². The van der Waals surface area contributed by atoms with Crippen molar-refractivity contribution in [2.45, 2.75) is 24.5 Å². The maximum absolute atomic E-state index is 5.95. The molecule has 3 rings (SSSR count). The van der Waals surface area contributed by atoms with Crippen molar-refractivity contribution in [1.82, 2.24) is 24.9 Å². The van der Waals surface area contributed by atoms with Gasteiger partial charge >= 0.3 is 0 Å². The Labute approximate surface area is 179 Å². The Balaban J connectivity index is 0.00000261. The molecule has 2 saturated heterocycles. The number of aryl methyl sites for hydroxylation is 1. The van der Waals surface area contributed by atoms with Crippen molar-refractivity contribution in [2.75, 3.05) is 60.6 Å². The van der Waals surface area contributed by atoms with Crippen LogP contribution in [0.5, 0.6) is 0 Å². The summed E-state index contributed by atoms with van der Waals surface area (Å²) in [6.07, 6.45) is 6.00. The number of rotatable bonds is 4. The third-order valence-electron chi connectivity index (χ3n) is 5.62. The maximum atomic E-state index is 5.95. The van der Waals surface area contributed by atoms with Crippen molar-refractivity contribution in [3.05, 3.63) is 18.0 Å². The van der Waals surface area contributed by atoms with Crippen LogP contribution in [0.3, 0.4) is 0 Å². The number of ether oxygens (including phenoxy) is 2. The first-order valence-electron chi connectivity index (χ1n) is 9.35. The van der Waals surface area contributed by atoms with Crippen LogP contribution in [0.25, 0.3) is 0 Å². The first kappa shape index (κ1) is 22.4. The van der Waals surface area contributed by atoms with E-state index in [0.29, 0.717) is 6.61 Å². The third kappa shape index (κ3) is 5.33. The summed E-state index contributed by atoms with van der Waals surface area (Å²) in [5, 5.41) is 7.87. The Bertz CT molecular complexity index is 615. The summed E-state index contributed by atoms with van der Waals surface area (Å²) in [5.41, 5.74) is 1.23. The van der Waals surface area contributed by atoms with Gasteiger partial charge in [0.15, 0.2) is 5.96 Å². The summed E-state index contributed by atoms with van der Waals surface area (Å²) < 4.78 is 13.3. The van der Waals surface area contributed by atoms with Gasteiger partial charge in [-0.05, 0) is 26.9 Å². The van der Waals surface area contributed by atoms with E-state index in [1.165, 1.54) is 0 Å². The molecule has 0 aliphatic carbocycles. The molecule has 0 amide bonds. The van der Waals surface area contributed by atoms with E-state index < -0.39 is 0 Å². The van der Waals surface area contributed by atoms with Gasteiger partial charge < -0.3 is 24.6 Å². The molecule has 2 aliphatic heterocycles. The summed E-state index contributed by atoms with van der Waals surface area (Å²) in [7, 11) is 8.09. The highest BCUT2D eigenvalue weighted by Gasteiger charge is 2.35. The molecule has 27 heavy (non-hydrogen) atoms. The second-order valence-electron chi connectivity index (χ2n) is 7.38. The number of nitrogens with one attached hydrogen (secondary N) is 1. The fourth-order valence-electron chi connectivity index (χ4n) is 3.76. The smallest absolute Gasteiger partial charge is 0.193 e. The molecule has 0 bridgehead atoms. The SMILES string of the molecule is CN=C(NCC1(N(C)C)CCOCC1)N1CCOC(c2cnn(C)c2)C1.I. The minimum Gasteiger partial charge on any atom is -0.381 e. The monoisotopic (exact) mass is 492 g/mol. The number of nitrogens with zero attached hydrogens (tertiary/aromatic N) is 5. The standard InChI is InChI=1S/C18H32N6O2.HI/c1-19-17(20-14-18(22(2)3)5-8-25-9-6-18)24-7-10-26-16(13-24)15-11-21-23(4)12-15;/h11-12,16H,5-10,13-14H2,1-4H3,(H,19,20);1H. The first-order valence-corrected chi connectivity index (χ1v) is 9.35. The molecule has 0 radical (unpaired) electrons. The number of hydrogen-bond donors (Lipinski definition) is 1. The van der Waals surface area contributed by atoms with Gasteiger partial charge in [0.2, 0.25) is 0 Å². The summed E-state index contributed by atoms with van der Waals surface area (Å²) in [6, 6.07) is 0. The number of hydrogen-bond acceptors (Lipinski definition) is 5. The summed E-state index contributed by atoms with van der Waals surface area (Å²) >= 11 is 0. The number of halogens is 1. The highest BCUT2D eigenvalue weighted by Crippen LogP contribution is 2.26. The minimum atomic E-state index is 0. The molecule has 0 spiro atoms. The zero-order valence-corrected chi connectivity index (χ0v) is 19.2. The van der Waals surface area contributed by atoms with E-state index in [9.17, 15) is 0 Å². The van der Waals surface area contributed by atoms with E-state index in [1.54, 1.807) is 0 Å². The van der Waals surface area contributed by atoms with Crippen LogP contribution in [0, 0.1) is 0 Å². The Hall–Kier alpha value is -0.910. The molecule has 8 nitrogen and oxygen atoms in total. The summed E-state index contributed by atoms with van der Waals surface area (Å²) in [6.45, 7) is 4.81. The third-order valence-corrected chi connectivity index (χ3v) is 5.62. The molecule has 2 aliphatic rings. The van der Waals surface area contributed by atoms with Gasteiger partial charge in [0.25, 0.3) is 0 Å². The van der Waals surface area contributed by atoms with Gasteiger partial charge in [-0.3, -0.25) is 9.67 Å². The van der Waals surface area contributed by atoms with Crippen LogP contribution < -0.4 is 5.32 Å². The first-order chi connectivity index (χ1) is 12.5. The number of guanidine groups is 1. The van der Waals surface area contributed by atoms with Crippen LogP contribution in [0.2, 0.25) is 0 Å². The Kier molecular flexibility index (Phi) is 8.32. The van der Waals surface area contributed by atoms with Crippen LogP contribution in [-0.4, -0.2) is 91.7 Å². The summed E-state index contributed by atoms with van der Waals surface area (Å²) in [4.78, 5) is 9.13. The van der Waals surface area contributed by atoms with Crippen LogP contribution in [0.15, 0.2) is 17.4 Å². The van der Waals surface area contributed by atoms with Crippen LogP contribution in [-0.2, 0) is 16.5 Å². The van der Waals surface area contributed by atoms with Gasteiger partial charge in [-0.2, -0.15) is 5.10 Å². The van der Waals surface area contributed by atoms with Gasteiger partial charge in [0.05, 0.1) is 19.3 Å². The molecule has 1 aromatic heterocycles. The zero-order valence-electron chi connectivity index (χ0n) is 16.8. The van der Waals surface area contributed by atoms with Gasteiger partial charge in [-0.1, -0.05) is 0 Å². The molecular formula is C18H33IN6O2. The highest BCUT2D eigenvalue weighted by atomic mass is 127. The van der Waals surface area contributed by atoms with E-state index in [0.717, 1.165) is 57.2 Å². The van der Waals surface area contributed by atoms with Crippen molar-refractivity contribution in [1.29, 1.82) is 0 Å². The lowest BCUT2D eigenvalue weighted by Gasteiger charge is -2.44. The van der Waals surface area contributed by atoms with Gasteiger partial charge in [-0.25, -0.2) is 0 Å². The van der Waals surface area contributed by atoms with Gasteiger partial charge in [0, 0.05) is 57.7 Å². The number of morpholine rings is 1. The van der Waals surface area contributed by atoms with Crippen molar-refractivity contribution in [3.63, 3.8) is 0 Å². The largest absolute Gasteiger partial charge is 0.381 e. The average Bonchev–Trinajstić information content (AvgIpc) is 3.10. The highest BCUT2D eigenvalue weighted by molar-refractivity contribution is 14.0. The molecule has 1 unspecified atom stereocenters. The molecular weight excluding hydrogens is 459 g/mol. The lowest BCUT2D eigenvalue weighted by atomic mass is 9.88. The number of aliphatic imine (C=N–C) groups is 1. The lowest BCUT2D eigenvalue weighted by Crippen LogP contribution is -2.58. The minimum absolute atomic E-state index is 0. The number of aromatic nitrogens is 2. The Morgan fingerprint density at radius 1 is 1.37 bits per heavy atom. The Morgan fingerprint density at radius 2 is 2.11 bits per heavy atom. The quantitative estimate of drug-likeness (QED) is 0.386. The molecule has 2 fully saturated rings. The lowest BCUT2D eigenvalue weighted by molar-refractivity contribution is -0.0123. The van der Waals surface area contributed by atoms with E-state index in [-0.39, 0.29) is 35.6 Å². The topological polar surface area (TPSA) is 67.2 Å². The van der Waals surface area contributed by atoms with Gasteiger partial charge in [-0.15, -0.1) is 24.0 Å². The normalized spacial score (nSPS) is 23.2. The summed E-state index contributed by atoms with van der Waals surface area (Å²) in [5.74, 6) is 0.940. The maximum Gasteiger partial charge on any atom is 0.193 e. The molecule has 0 saturated carbocycles. The van der Waals surface area contributed by atoms with E-state index in [1.807, 2.05) is 31.2 Å². The zero-order chi connectivity index (χ0) is 18.6. The molecule has 3 heterocycles. The molecule has 1 atom stereocenters. The average molecular weight is 492 g/mol. The molecule has 1 aromatic rings. The predicted octanol–water partition coefficient (Wildman–Crippen LogP) is 1.10. The molecule has 0 aromatic carbocycles. The van der Waals surface area contributed by atoms with Crippen LogP contribution in [0.4, 0.5) is 0 Å².